The number of likely N-dealkylation sites (tertiary alicyclic amines) is 1. The van der Waals surface area contributed by atoms with E-state index in [0.29, 0.717) is 24.0 Å². The molecule has 14 heavy (non-hydrogen) atoms. The second-order valence-corrected chi connectivity index (χ2v) is 5.27. The maximum atomic E-state index is 6.08. The molecule has 1 rings (SSSR count). The highest BCUT2D eigenvalue weighted by atomic mass is 15.2. The van der Waals surface area contributed by atoms with Gasteiger partial charge in [0, 0.05) is 24.7 Å². The maximum absolute atomic E-state index is 6.08. The van der Waals surface area contributed by atoms with Crippen molar-refractivity contribution in [3.63, 3.8) is 0 Å². The van der Waals surface area contributed by atoms with Crippen LogP contribution in [0.25, 0.3) is 0 Å². The van der Waals surface area contributed by atoms with Gasteiger partial charge in [0.25, 0.3) is 0 Å². The molecule has 0 spiro atoms. The fourth-order valence-electron chi connectivity index (χ4n) is 2.38. The standard InChI is InChI=1S/C12H26N2/c1-8(2)10(4)14-7-6-12(13)9(3)11(14)5/h8-12H,6-7,13H2,1-5H3. The van der Waals surface area contributed by atoms with Gasteiger partial charge in [-0.2, -0.15) is 0 Å². The number of hydrogen-bond donors (Lipinski definition) is 1. The summed E-state index contributed by atoms with van der Waals surface area (Å²) in [5.74, 6) is 1.36. The zero-order valence-electron chi connectivity index (χ0n) is 10.3. The summed E-state index contributed by atoms with van der Waals surface area (Å²) in [6, 6.07) is 1.72. The van der Waals surface area contributed by atoms with Crippen LogP contribution >= 0.6 is 0 Å². The minimum atomic E-state index is 0.403. The Morgan fingerprint density at radius 1 is 1.21 bits per heavy atom. The van der Waals surface area contributed by atoms with E-state index in [0.717, 1.165) is 12.3 Å². The fourth-order valence-corrected chi connectivity index (χ4v) is 2.38. The zero-order chi connectivity index (χ0) is 10.9. The van der Waals surface area contributed by atoms with E-state index in [1.807, 2.05) is 0 Å². The van der Waals surface area contributed by atoms with Gasteiger partial charge in [0.05, 0.1) is 0 Å². The largest absolute Gasteiger partial charge is 0.327 e. The van der Waals surface area contributed by atoms with Crippen molar-refractivity contribution in [2.24, 2.45) is 17.6 Å². The highest BCUT2D eigenvalue weighted by Gasteiger charge is 2.33. The molecule has 1 saturated heterocycles. The van der Waals surface area contributed by atoms with Crippen LogP contribution in [0.15, 0.2) is 0 Å². The predicted octanol–water partition coefficient (Wildman–Crippen LogP) is 2.09. The lowest BCUT2D eigenvalue weighted by atomic mass is 9.85. The minimum Gasteiger partial charge on any atom is -0.327 e. The Kier molecular flexibility index (Phi) is 3.96. The smallest absolute Gasteiger partial charge is 0.0110 e. The van der Waals surface area contributed by atoms with E-state index in [1.54, 1.807) is 0 Å². The first-order valence-electron chi connectivity index (χ1n) is 5.96. The topological polar surface area (TPSA) is 29.3 Å². The van der Waals surface area contributed by atoms with Gasteiger partial charge in [-0.25, -0.2) is 0 Å². The molecule has 2 heteroatoms. The molecule has 84 valence electrons. The van der Waals surface area contributed by atoms with Crippen LogP contribution in [0.4, 0.5) is 0 Å². The molecule has 0 radical (unpaired) electrons. The van der Waals surface area contributed by atoms with Gasteiger partial charge in [0.1, 0.15) is 0 Å². The van der Waals surface area contributed by atoms with Crippen LogP contribution in [-0.4, -0.2) is 29.6 Å². The van der Waals surface area contributed by atoms with Crippen LogP contribution in [0.1, 0.15) is 41.0 Å². The van der Waals surface area contributed by atoms with E-state index < -0.39 is 0 Å². The molecule has 0 aliphatic carbocycles. The van der Waals surface area contributed by atoms with Crippen molar-refractivity contribution in [1.29, 1.82) is 0 Å². The molecule has 0 saturated carbocycles. The third kappa shape index (κ3) is 2.29. The monoisotopic (exact) mass is 198 g/mol. The first-order chi connectivity index (χ1) is 6.45. The minimum absolute atomic E-state index is 0.403. The van der Waals surface area contributed by atoms with Crippen LogP contribution in [-0.2, 0) is 0 Å². The van der Waals surface area contributed by atoms with Crippen LogP contribution in [0.2, 0.25) is 0 Å². The molecule has 0 amide bonds. The Hall–Kier alpha value is -0.0800. The van der Waals surface area contributed by atoms with Gasteiger partial charge in [-0.15, -0.1) is 0 Å². The lowest BCUT2D eigenvalue weighted by Crippen LogP contribution is -2.55. The maximum Gasteiger partial charge on any atom is 0.0110 e. The molecular formula is C12H26N2. The number of nitrogens with two attached hydrogens (primary N) is 1. The summed E-state index contributed by atoms with van der Waals surface area (Å²) < 4.78 is 0. The SMILES string of the molecule is CC(C)C(C)N1CCC(N)C(C)C1C. The van der Waals surface area contributed by atoms with E-state index in [1.165, 1.54) is 6.54 Å². The summed E-state index contributed by atoms with van der Waals surface area (Å²) >= 11 is 0. The summed E-state index contributed by atoms with van der Waals surface area (Å²) in [5.41, 5.74) is 6.08. The van der Waals surface area contributed by atoms with Gasteiger partial charge in [-0.1, -0.05) is 20.8 Å². The first kappa shape index (κ1) is 12.0. The number of piperidine rings is 1. The van der Waals surface area contributed by atoms with Crippen molar-refractivity contribution in [3.05, 3.63) is 0 Å². The summed E-state index contributed by atoms with van der Waals surface area (Å²) in [4.78, 5) is 2.62. The van der Waals surface area contributed by atoms with Gasteiger partial charge >= 0.3 is 0 Å². The molecule has 2 nitrogen and oxygen atoms in total. The van der Waals surface area contributed by atoms with Gasteiger partial charge < -0.3 is 5.73 Å². The Bertz CT molecular complexity index is 179. The van der Waals surface area contributed by atoms with Crippen molar-refractivity contribution < 1.29 is 0 Å². The predicted molar refractivity (Wildman–Crippen MR) is 62.2 cm³/mol. The number of hydrogen-bond acceptors (Lipinski definition) is 2. The van der Waals surface area contributed by atoms with E-state index in [9.17, 15) is 0 Å². The molecule has 1 aliphatic rings. The second kappa shape index (κ2) is 4.63. The summed E-state index contributed by atoms with van der Waals surface area (Å²) in [6.07, 6.45) is 1.16. The number of nitrogens with zero attached hydrogens (tertiary/aromatic N) is 1. The van der Waals surface area contributed by atoms with Gasteiger partial charge in [-0.3, -0.25) is 4.90 Å². The van der Waals surface area contributed by atoms with Crippen LogP contribution in [0, 0.1) is 11.8 Å². The molecule has 4 atom stereocenters. The highest BCUT2D eigenvalue weighted by molar-refractivity contribution is 4.89. The third-order valence-corrected chi connectivity index (χ3v) is 4.17. The molecule has 1 aliphatic heterocycles. The Morgan fingerprint density at radius 3 is 2.29 bits per heavy atom. The molecule has 0 aromatic rings. The average Bonchev–Trinajstić information content (AvgIpc) is 2.13. The second-order valence-electron chi connectivity index (χ2n) is 5.27. The molecule has 0 bridgehead atoms. The molecule has 0 aromatic carbocycles. The van der Waals surface area contributed by atoms with Crippen molar-refractivity contribution >= 4 is 0 Å². The molecule has 4 unspecified atom stereocenters. The summed E-state index contributed by atoms with van der Waals surface area (Å²) in [7, 11) is 0. The lowest BCUT2D eigenvalue weighted by molar-refractivity contribution is 0.0449. The molecular weight excluding hydrogens is 172 g/mol. The Morgan fingerprint density at radius 2 is 1.79 bits per heavy atom. The highest BCUT2D eigenvalue weighted by Crippen LogP contribution is 2.26. The molecule has 1 fully saturated rings. The van der Waals surface area contributed by atoms with Crippen molar-refractivity contribution in [1.82, 2.24) is 4.90 Å². The Balaban J connectivity index is 2.63. The third-order valence-electron chi connectivity index (χ3n) is 4.17. The Labute approximate surface area is 88.8 Å². The van der Waals surface area contributed by atoms with E-state index in [2.05, 4.69) is 39.5 Å². The summed E-state index contributed by atoms with van der Waals surface area (Å²) in [6.45, 7) is 12.7. The van der Waals surface area contributed by atoms with E-state index in [4.69, 9.17) is 5.73 Å². The van der Waals surface area contributed by atoms with Crippen LogP contribution < -0.4 is 5.73 Å². The van der Waals surface area contributed by atoms with Crippen molar-refractivity contribution in [3.8, 4) is 0 Å². The molecule has 2 N–H and O–H groups in total. The number of rotatable bonds is 2. The lowest BCUT2D eigenvalue weighted by Gasteiger charge is -2.45. The summed E-state index contributed by atoms with van der Waals surface area (Å²) in [5, 5.41) is 0. The molecule has 0 aromatic heterocycles. The van der Waals surface area contributed by atoms with E-state index >= 15 is 0 Å². The zero-order valence-corrected chi connectivity index (χ0v) is 10.3. The average molecular weight is 198 g/mol. The van der Waals surface area contributed by atoms with Crippen molar-refractivity contribution in [2.75, 3.05) is 6.54 Å². The quantitative estimate of drug-likeness (QED) is 0.736. The molecule has 1 heterocycles. The van der Waals surface area contributed by atoms with Crippen molar-refractivity contribution in [2.45, 2.75) is 59.2 Å². The van der Waals surface area contributed by atoms with E-state index in [-0.39, 0.29) is 0 Å². The normalized spacial score (nSPS) is 37.5. The van der Waals surface area contributed by atoms with Gasteiger partial charge in [0.2, 0.25) is 0 Å². The van der Waals surface area contributed by atoms with Crippen LogP contribution in [0.5, 0.6) is 0 Å². The van der Waals surface area contributed by atoms with Gasteiger partial charge in [0.15, 0.2) is 0 Å². The first-order valence-corrected chi connectivity index (χ1v) is 5.96. The fraction of sp³-hybridized carbons (Fsp3) is 1.00. The van der Waals surface area contributed by atoms with Crippen LogP contribution in [0.3, 0.4) is 0 Å². The van der Waals surface area contributed by atoms with Gasteiger partial charge in [-0.05, 0) is 32.1 Å².